The fraction of sp³-hybridized carbons (Fsp3) is 0.364. The normalized spacial score (nSPS) is 9.67. The Kier molecular flexibility index (Phi) is 5.25. The van der Waals surface area contributed by atoms with E-state index in [0.717, 1.165) is 12.2 Å². The van der Waals surface area contributed by atoms with Gasteiger partial charge in [0.2, 0.25) is 5.91 Å². The number of hydrogen-bond acceptors (Lipinski definition) is 3. The molecule has 82 valence electrons. The lowest BCUT2D eigenvalue weighted by atomic mass is 10.3. The van der Waals surface area contributed by atoms with Crippen LogP contribution in [0.3, 0.4) is 0 Å². The summed E-state index contributed by atoms with van der Waals surface area (Å²) in [5.74, 6) is 0.720. The van der Waals surface area contributed by atoms with Crippen molar-refractivity contribution in [2.24, 2.45) is 5.73 Å². The smallest absolute Gasteiger partial charge is 0.233 e. The SMILES string of the molecule is NCC(=O)NCCCOc1ccccc1. The second kappa shape index (κ2) is 6.84. The zero-order chi connectivity index (χ0) is 10.9. The van der Waals surface area contributed by atoms with E-state index < -0.39 is 0 Å². The molecule has 1 aromatic rings. The highest BCUT2D eigenvalue weighted by molar-refractivity contribution is 5.77. The highest BCUT2D eigenvalue weighted by Gasteiger charge is 1.95. The van der Waals surface area contributed by atoms with E-state index in [1.165, 1.54) is 0 Å². The van der Waals surface area contributed by atoms with E-state index in [-0.39, 0.29) is 12.5 Å². The van der Waals surface area contributed by atoms with Crippen LogP contribution in [0.4, 0.5) is 0 Å². The van der Waals surface area contributed by atoms with Crippen molar-refractivity contribution in [1.29, 1.82) is 0 Å². The van der Waals surface area contributed by atoms with Gasteiger partial charge in [-0.15, -0.1) is 0 Å². The highest BCUT2D eigenvalue weighted by atomic mass is 16.5. The molecule has 0 radical (unpaired) electrons. The Morgan fingerprint density at radius 1 is 1.33 bits per heavy atom. The van der Waals surface area contributed by atoms with E-state index in [1.54, 1.807) is 0 Å². The molecule has 0 aromatic heterocycles. The Hall–Kier alpha value is -1.55. The minimum Gasteiger partial charge on any atom is -0.494 e. The van der Waals surface area contributed by atoms with Crippen LogP contribution in [0.1, 0.15) is 6.42 Å². The van der Waals surface area contributed by atoms with Gasteiger partial charge in [-0.3, -0.25) is 4.79 Å². The first-order valence-corrected chi connectivity index (χ1v) is 4.97. The minimum absolute atomic E-state index is 0.0412. The van der Waals surface area contributed by atoms with Gasteiger partial charge in [0.15, 0.2) is 0 Å². The van der Waals surface area contributed by atoms with Crippen LogP contribution in [-0.2, 0) is 4.79 Å². The van der Waals surface area contributed by atoms with E-state index in [4.69, 9.17) is 10.5 Å². The molecule has 0 atom stereocenters. The predicted octanol–water partition coefficient (Wildman–Crippen LogP) is 0.530. The molecule has 0 saturated heterocycles. The first-order valence-electron chi connectivity index (χ1n) is 4.97. The second-order valence-corrected chi connectivity index (χ2v) is 3.07. The highest BCUT2D eigenvalue weighted by Crippen LogP contribution is 2.07. The second-order valence-electron chi connectivity index (χ2n) is 3.07. The fourth-order valence-electron chi connectivity index (χ4n) is 1.08. The van der Waals surface area contributed by atoms with Crippen LogP contribution in [0, 0.1) is 0 Å². The van der Waals surface area contributed by atoms with Gasteiger partial charge >= 0.3 is 0 Å². The monoisotopic (exact) mass is 208 g/mol. The maximum atomic E-state index is 10.8. The van der Waals surface area contributed by atoms with Crippen molar-refractivity contribution in [3.63, 3.8) is 0 Å². The largest absolute Gasteiger partial charge is 0.494 e. The van der Waals surface area contributed by atoms with Gasteiger partial charge in [0.1, 0.15) is 5.75 Å². The molecular weight excluding hydrogens is 192 g/mol. The lowest BCUT2D eigenvalue weighted by Gasteiger charge is -2.06. The standard InChI is InChI=1S/C11H16N2O2/c12-9-11(14)13-7-4-8-15-10-5-2-1-3-6-10/h1-3,5-6H,4,7-9,12H2,(H,13,14). The van der Waals surface area contributed by atoms with E-state index in [1.807, 2.05) is 30.3 Å². The van der Waals surface area contributed by atoms with Crippen molar-refractivity contribution in [3.8, 4) is 5.75 Å². The van der Waals surface area contributed by atoms with Crippen molar-refractivity contribution in [3.05, 3.63) is 30.3 Å². The molecule has 0 aliphatic carbocycles. The number of benzene rings is 1. The Balaban J connectivity index is 2.05. The topological polar surface area (TPSA) is 64.4 Å². The van der Waals surface area contributed by atoms with Crippen LogP contribution >= 0.6 is 0 Å². The molecule has 1 aromatic carbocycles. The zero-order valence-electron chi connectivity index (χ0n) is 8.61. The molecule has 0 bridgehead atoms. The van der Waals surface area contributed by atoms with E-state index in [9.17, 15) is 4.79 Å². The van der Waals surface area contributed by atoms with Crippen LogP contribution in [0.15, 0.2) is 30.3 Å². The van der Waals surface area contributed by atoms with E-state index in [0.29, 0.717) is 13.2 Å². The van der Waals surface area contributed by atoms with Gasteiger partial charge in [-0.25, -0.2) is 0 Å². The van der Waals surface area contributed by atoms with Crippen molar-refractivity contribution in [2.45, 2.75) is 6.42 Å². The van der Waals surface area contributed by atoms with Gasteiger partial charge in [0, 0.05) is 6.54 Å². The van der Waals surface area contributed by atoms with Crippen LogP contribution in [-0.4, -0.2) is 25.6 Å². The Morgan fingerprint density at radius 3 is 2.73 bits per heavy atom. The van der Waals surface area contributed by atoms with E-state index in [2.05, 4.69) is 5.32 Å². The maximum absolute atomic E-state index is 10.8. The third-order valence-corrected chi connectivity index (χ3v) is 1.84. The summed E-state index contributed by atoms with van der Waals surface area (Å²) in [6.45, 7) is 1.23. The van der Waals surface area contributed by atoms with Crippen molar-refractivity contribution < 1.29 is 9.53 Å². The quantitative estimate of drug-likeness (QED) is 0.670. The molecule has 0 heterocycles. The van der Waals surface area contributed by atoms with Crippen LogP contribution in [0.5, 0.6) is 5.75 Å². The van der Waals surface area contributed by atoms with Gasteiger partial charge in [0.05, 0.1) is 13.2 Å². The van der Waals surface area contributed by atoms with Crippen LogP contribution in [0.2, 0.25) is 0 Å². The number of hydrogen-bond donors (Lipinski definition) is 2. The number of rotatable bonds is 6. The Labute approximate surface area is 89.4 Å². The Bertz CT molecular complexity index is 288. The lowest BCUT2D eigenvalue weighted by molar-refractivity contribution is -0.119. The number of nitrogens with one attached hydrogen (secondary N) is 1. The fourth-order valence-corrected chi connectivity index (χ4v) is 1.08. The Morgan fingerprint density at radius 2 is 2.07 bits per heavy atom. The number of carbonyl (C=O) groups is 1. The van der Waals surface area contributed by atoms with Gasteiger partial charge in [-0.1, -0.05) is 18.2 Å². The van der Waals surface area contributed by atoms with Crippen molar-refractivity contribution in [1.82, 2.24) is 5.32 Å². The molecule has 0 aliphatic heterocycles. The third-order valence-electron chi connectivity index (χ3n) is 1.84. The molecule has 0 spiro atoms. The summed E-state index contributed by atoms with van der Waals surface area (Å²) < 4.78 is 5.44. The first kappa shape index (κ1) is 11.5. The average molecular weight is 208 g/mol. The number of ether oxygens (including phenoxy) is 1. The number of nitrogens with two attached hydrogens (primary N) is 1. The number of carbonyl (C=O) groups excluding carboxylic acids is 1. The minimum atomic E-state index is -0.130. The summed E-state index contributed by atoms with van der Waals surface area (Å²) >= 11 is 0. The van der Waals surface area contributed by atoms with Crippen molar-refractivity contribution >= 4 is 5.91 Å². The van der Waals surface area contributed by atoms with Crippen LogP contribution in [0.25, 0.3) is 0 Å². The molecule has 1 amide bonds. The molecule has 15 heavy (non-hydrogen) atoms. The maximum Gasteiger partial charge on any atom is 0.233 e. The molecule has 4 heteroatoms. The summed E-state index contributed by atoms with van der Waals surface area (Å²) in [5, 5.41) is 2.67. The molecule has 0 fully saturated rings. The summed E-state index contributed by atoms with van der Waals surface area (Å²) in [4.78, 5) is 10.8. The van der Waals surface area contributed by atoms with Gasteiger partial charge in [-0.05, 0) is 18.6 Å². The molecule has 4 nitrogen and oxygen atoms in total. The van der Waals surface area contributed by atoms with Crippen molar-refractivity contribution in [2.75, 3.05) is 19.7 Å². The van der Waals surface area contributed by atoms with E-state index >= 15 is 0 Å². The average Bonchev–Trinajstić information content (AvgIpc) is 2.29. The molecule has 3 N–H and O–H groups in total. The number of para-hydroxylation sites is 1. The third kappa shape index (κ3) is 5.02. The first-order chi connectivity index (χ1) is 7.33. The molecule has 0 aliphatic rings. The molecule has 1 rings (SSSR count). The summed E-state index contributed by atoms with van der Waals surface area (Å²) in [7, 11) is 0. The molecule has 0 unspecified atom stereocenters. The van der Waals surface area contributed by atoms with Gasteiger partial charge in [-0.2, -0.15) is 0 Å². The zero-order valence-corrected chi connectivity index (χ0v) is 8.61. The summed E-state index contributed by atoms with van der Waals surface area (Å²) in [6.07, 6.45) is 0.778. The van der Waals surface area contributed by atoms with Gasteiger partial charge in [0.25, 0.3) is 0 Å². The predicted molar refractivity (Wildman–Crippen MR) is 58.6 cm³/mol. The summed E-state index contributed by atoms with van der Waals surface area (Å²) in [6, 6.07) is 9.59. The molecular formula is C11H16N2O2. The molecule has 0 saturated carbocycles. The lowest BCUT2D eigenvalue weighted by Crippen LogP contribution is -2.31. The summed E-state index contributed by atoms with van der Waals surface area (Å²) in [5.41, 5.74) is 5.13. The number of amides is 1. The van der Waals surface area contributed by atoms with Gasteiger partial charge < -0.3 is 15.8 Å². The van der Waals surface area contributed by atoms with Crippen LogP contribution < -0.4 is 15.8 Å².